The Morgan fingerprint density at radius 3 is 2.62 bits per heavy atom. The first kappa shape index (κ1) is 18.3. The van der Waals surface area contributed by atoms with E-state index in [-0.39, 0.29) is 0 Å². The molecule has 0 fully saturated rings. The van der Waals surface area contributed by atoms with E-state index >= 15 is 0 Å². The van der Waals surface area contributed by atoms with Gasteiger partial charge < -0.3 is 4.42 Å². The van der Waals surface area contributed by atoms with Crippen LogP contribution in [0.5, 0.6) is 0 Å². The minimum Gasteiger partial charge on any atom is -0.456 e. The minimum atomic E-state index is 0.522. The highest BCUT2D eigenvalue weighted by Crippen LogP contribution is 2.32. The zero-order chi connectivity index (χ0) is 21.5. The average molecular weight is 414 g/mol. The van der Waals surface area contributed by atoms with Gasteiger partial charge in [0.05, 0.1) is 23.3 Å². The molecule has 0 aliphatic heterocycles. The summed E-state index contributed by atoms with van der Waals surface area (Å²) in [6.45, 7) is 0. The van der Waals surface area contributed by atoms with E-state index in [1.165, 1.54) is 0 Å². The predicted octanol–water partition coefficient (Wildman–Crippen LogP) is 6.44. The summed E-state index contributed by atoms with van der Waals surface area (Å²) in [6, 6.07) is 26.8. The Hall–Kier alpha value is -4.43. The van der Waals surface area contributed by atoms with Crippen LogP contribution in [0.1, 0.15) is 12.0 Å². The molecule has 5 heteroatoms. The highest BCUT2D eigenvalue weighted by atomic mass is 16.3. The average Bonchev–Trinajstić information content (AvgIpc) is 3.47. The molecule has 0 saturated carbocycles. The maximum absolute atomic E-state index is 8.82. The summed E-state index contributed by atoms with van der Waals surface area (Å²) in [7, 11) is 0. The summed E-state index contributed by atoms with van der Waals surface area (Å²) >= 11 is 0. The molecule has 0 aliphatic carbocycles. The number of benzene rings is 3. The predicted molar refractivity (Wildman–Crippen MR) is 126 cm³/mol. The van der Waals surface area contributed by atoms with Crippen molar-refractivity contribution in [2.75, 3.05) is 0 Å². The molecule has 152 valence electrons. The van der Waals surface area contributed by atoms with Crippen molar-refractivity contribution in [1.29, 1.82) is 5.26 Å². The third kappa shape index (κ3) is 3.01. The van der Waals surface area contributed by atoms with Gasteiger partial charge in [-0.1, -0.05) is 30.3 Å². The fourth-order valence-electron chi connectivity index (χ4n) is 4.19. The van der Waals surface area contributed by atoms with Gasteiger partial charge in [0.1, 0.15) is 23.2 Å². The summed E-state index contributed by atoms with van der Waals surface area (Å²) < 4.78 is 8.18. The minimum absolute atomic E-state index is 0.522. The number of nitriles is 1. The molecule has 3 heterocycles. The van der Waals surface area contributed by atoms with Crippen LogP contribution in [0, 0.1) is 11.3 Å². The second kappa shape index (κ2) is 7.36. The Morgan fingerprint density at radius 1 is 0.906 bits per heavy atom. The van der Waals surface area contributed by atoms with Gasteiger partial charge in [0, 0.05) is 28.4 Å². The standard InChI is InChI=1S/C27H18N4O/c28-13-3-4-18-7-10-21(11-8-18)31-17-30-24-16-29-23-12-9-20(14-22(23)27(24)31)26-15-19-5-1-2-6-25(19)32-26/h1-2,5-12,14-17H,3-4H2. The Labute approximate surface area is 184 Å². The number of nitrogens with zero attached hydrogens (tertiary/aromatic N) is 4. The lowest BCUT2D eigenvalue weighted by molar-refractivity contribution is 0.631. The molecule has 6 rings (SSSR count). The molecule has 0 amide bonds. The van der Waals surface area contributed by atoms with Crippen molar-refractivity contribution >= 4 is 32.9 Å². The number of fused-ring (bicyclic) bond motifs is 4. The van der Waals surface area contributed by atoms with Gasteiger partial charge in [-0.15, -0.1) is 0 Å². The molecule has 0 atom stereocenters. The van der Waals surface area contributed by atoms with E-state index in [1.54, 1.807) is 0 Å². The molecule has 0 saturated heterocycles. The van der Waals surface area contributed by atoms with Gasteiger partial charge in [-0.2, -0.15) is 5.26 Å². The molecule has 6 aromatic rings. The number of para-hydroxylation sites is 1. The summed E-state index contributed by atoms with van der Waals surface area (Å²) in [4.78, 5) is 9.19. The lowest BCUT2D eigenvalue weighted by Gasteiger charge is -2.08. The molecule has 0 aliphatic rings. The van der Waals surface area contributed by atoms with Gasteiger partial charge in [0.15, 0.2) is 0 Å². The molecular formula is C27H18N4O. The molecule has 0 bridgehead atoms. The summed E-state index contributed by atoms with van der Waals surface area (Å²) in [5, 5.41) is 10.9. The maximum Gasteiger partial charge on any atom is 0.135 e. The number of furan rings is 1. The molecule has 0 unspecified atom stereocenters. The van der Waals surface area contributed by atoms with Gasteiger partial charge in [0.2, 0.25) is 0 Å². The van der Waals surface area contributed by atoms with Crippen LogP contribution >= 0.6 is 0 Å². The molecule has 3 aromatic heterocycles. The van der Waals surface area contributed by atoms with Gasteiger partial charge in [0.25, 0.3) is 0 Å². The number of pyridine rings is 1. The zero-order valence-corrected chi connectivity index (χ0v) is 17.2. The van der Waals surface area contributed by atoms with Crippen molar-refractivity contribution in [1.82, 2.24) is 14.5 Å². The first-order chi connectivity index (χ1) is 15.8. The van der Waals surface area contributed by atoms with E-state index in [4.69, 9.17) is 9.68 Å². The van der Waals surface area contributed by atoms with E-state index in [0.717, 1.165) is 61.9 Å². The highest BCUT2D eigenvalue weighted by Gasteiger charge is 2.13. The summed E-state index contributed by atoms with van der Waals surface area (Å²) in [6.07, 6.45) is 4.93. The van der Waals surface area contributed by atoms with Crippen LogP contribution in [-0.4, -0.2) is 14.5 Å². The van der Waals surface area contributed by atoms with Crippen LogP contribution in [0.2, 0.25) is 0 Å². The van der Waals surface area contributed by atoms with E-state index in [9.17, 15) is 0 Å². The van der Waals surface area contributed by atoms with E-state index in [1.807, 2.05) is 42.9 Å². The van der Waals surface area contributed by atoms with Crippen LogP contribution in [-0.2, 0) is 6.42 Å². The summed E-state index contributed by atoms with van der Waals surface area (Å²) in [5.74, 6) is 0.831. The van der Waals surface area contributed by atoms with Gasteiger partial charge in [-0.05, 0) is 54.4 Å². The second-order valence-corrected chi connectivity index (χ2v) is 7.81. The Balaban J connectivity index is 1.50. The monoisotopic (exact) mass is 414 g/mol. The van der Waals surface area contributed by atoms with Gasteiger partial charge in [-0.25, -0.2) is 4.98 Å². The molecule has 5 nitrogen and oxygen atoms in total. The Kier molecular flexibility index (Phi) is 4.22. The van der Waals surface area contributed by atoms with Crippen LogP contribution in [0.25, 0.3) is 49.9 Å². The number of hydrogen-bond acceptors (Lipinski definition) is 4. The second-order valence-electron chi connectivity index (χ2n) is 7.81. The van der Waals surface area contributed by atoms with E-state index < -0.39 is 0 Å². The normalized spacial score (nSPS) is 11.3. The lowest BCUT2D eigenvalue weighted by atomic mass is 10.1. The first-order valence-corrected chi connectivity index (χ1v) is 10.5. The third-order valence-electron chi connectivity index (χ3n) is 5.82. The molecule has 32 heavy (non-hydrogen) atoms. The largest absolute Gasteiger partial charge is 0.456 e. The van der Waals surface area contributed by atoms with Crippen LogP contribution in [0.15, 0.2) is 89.7 Å². The van der Waals surface area contributed by atoms with Crippen LogP contribution in [0.4, 0.5) is 0 Å². The number of imidazole rings is 1. The summed E-state index contributed by atoms with van der Waals surface area (Å²) in [5.41, 5.74) is 6.81. The quantitative estimate of drug-likeness (QED) is 0.333. The van der Waals surface area contributed by atoms with E-state index in [0.29, 0.717) is 6.42 Å². The van der Waals surface area contributed by atoms with Crippen LogP contribution in [0.3, 0.4) is 0 Å². The maximum atomic E-state index is 8.82. The van der Waals surface area contributed by atoms with Crippen molar-refractivity contribution in [2.24, 2.45) is 0 Å². The van der Waals surface area contributed by atoms with Crippen LogP contribution < -0.4 is 0 Å². The highest BCUT2D eigenvalue weighted by molar-refractivity contribution is 6.04. The SMILES string of the molecule is N#CCCc1ccc(-n2cnc3cnc4ccc(-c5cc6ccccc6o5)cc4c32)cc1. The number of rotatable bonds is 4. The molecule has 3 aromatic carbocycles. The van der Waals surface area contributed by atoms with Crippen molar-refractivity contribution in [3.8, 4) is 23.1 Å². The van der Waals surface area contributed by atoms with Crippen molar-refractivity contribution in [3.05, 3.63) is 90.9 Å². The zero-order valence-electron chi connectivity index (χ0n) is 17.2. The van der Waals surface area contributed by atoms with Crippen molar-refractivity contribution in [3.63, 3.8) is 0 Å². The van der Waals surface area contributed by atoms with Gasteiger partial charge >= 0.3 is 0 Å². The topological polar surface area (TPSA) is 67.6 Å². The van der Waals surface area contributed by atoms with E-state index in [2.05, 4.69) is 63.1 Å². The molecular weight excluding hydrogens is 396 g/mol. The Bertz CT molecular complexity index is 1600. The lowest BCUT2D eigenvalue weighted by Crippen LogP contribution is -1.94. The Morgan fingerprint density at radius 2 is 1.78 bits per heavy atom. The number of aryl methyl sites for hydroxylation is 1. The fourth-order valence-corrected chi connectivity index (χ4v) is 4.19. The number of hydrogen-bond donors (Lipinski definition) is 0. The molecule has 0 spiro atoms. The molecule has 0 N–H and O–H groups in total. The first-order valence-electron chi connectivity index (χ1n) is 10.5. The van der Waals surface area contributed by atoms with Gasteiger partial charge in [-0.3, -0.25) is 9.55 Å². The molecule has 0 radical (unpaired) electrons. The smallest absolute Gasteiger partial charge is 0.135 e. The van der Waals surface area contributed by atoms with Crippen molar-refractivity contribution < 1.29 is 4.42 Å². The number of aromatic nitrogens is 3. The van der Waals surface area contributed by atoms with Crippen molar-refractivity contribution in [2.45, 2.75) is 12.8 Å². The third-order valence-corrected chi connectivity index (χ3v) is 5.82. The fraction of sp³-hybridized carbons (Fsp3) is 0.0741.